The zero-order valence-corrected chi connectivity index (χ0v) is 20.7. The fourth-order valence-electron chi connectivity index (χ4n) is 3.98. The fraction of sp³-hybridized carbons (Fsp3) is 0.154. The quantitative estimate of drug-likeness (QED) is 0.494. The topological polar surface area (TPSA) is 92.8 Å². The highest BCUT2D eigenvalue weighted by Crippen LogP contribution is 2.41. The highest BCUT2D eigenvalue weighted by Gasteiger charge is 2.41. The molecule has 0 unspecified atom stereocenters. The van der Waals surface area contributed by atoms with Crippen molar-refractivity contribution >= 4 is 44.8 Å². The molecule has 1 N–H and O–H groups in total. The maximum Gasteiger partial charge on any atom is 0.356 e. The molecule has 35 heavy (non-hydrogen) atoms. The average Bonchev–Trinajstić information content (AvgIpc) is 2.85. The third-order valence-electron chi connectivity index (χ3n) is 5.61. The van der Waals surface area contributed by atoms with Gasteiger partial charge >= 0.3 is 5.97 Å². The van der Waals surface area contributed by atoms with Gasteiger partial charge in [0.05, 0.1) is 12.0 Å². The first kappa shape index (κ1) is 24.5. The van der Waals surface area contributed by atoms with E-state index in [1.54, 1.807) is 42.5 Å². The van der Waals surface area contributed by atoms with Crippen molar-refractivity contribution in [3.05, 3.63) is 100 Å². The van der Waals surface area contributed by atoms with Gasteiger partial charge in [0.15, 0.2) is 0 Å². The number of esters is 1. The molecule has 9 heteroatoms. The van der Waals surface area contributed by atoms with E-state index >= 15 is 0 Å². The third-order valence-corrected chi connectivity index (χ3v) is 7.65. The van der Waals surface area contributed by atoms with Crippen LogP contribution in [0.5, 0.6) is 0 Å². The second-order valence-corrected chi connectivity index (χ2v) is 10.1. The highest BCUT2D eigenvalue weighted by atomic mass is 35.5. The number of carbonyl (C=O) groups is 2. The monoisotopic (exact) mass is 510 g/mol. The van der Waals surface area contributed by atoms with E-state index in [-0.39, 0.29) is 16.2 Å². The third kappa shape index (κ3) is 4.80. The lowest BCUT2D eigenvalue weighted by Crippen LogP contribution is -2.43. The van der Waals surface area contributed by atoms with Gasteiger partial charge in [0.25, 0.3) is 10.0 Å². The maximum absolute atomic E-state index is 13.7. The molecule has 1 heterocycles. The molecule has 0 spiro atoms. The Kier molecular flexibility index (Phi) is 6.95. The molecule has 0 saturated carbocycles. The van der Waals surface area contributed by atoms with E-state index in [4.69, 9.17) is 16.3 Å². The Balaban J connectivity index is 1.87. The summed E-state index contributed by atoms with van der Waals surface area (Å²) in [5.74, 6) is -1.49. The summed E-state index contributed by atoms with van der Waals surface area (Å²) < 4.78 is 33.1. The smallest absolute Gasteiger partial charge is 0.356 e. The van der Waals surface area contributed by atoms with Crippen LogP contribution in [-0.2, 0) is 30.8 Å². The Labute approximate surface area is 209 Å². The normalized spacial score (nSPS) is 14.3. The van der Waals surface area contributed by atoms with E-state index in [0.717, 1.165) is 23.4 Å². The summed E-state index contributed by atoms with van der Waals surface area (Å²) in [6.45, 7) is 1.37. The number of sulfonamides is 1. The van der Waals surface area contributed by atoms with Gasteiger partial charge < -0.3 is 10.1 Å². The Hall–Kier alpha value is -3.62. The van der Waals surface area contributed by atoms with Gasteiger partial charge in [-0.15, -0.1) is 0 Å². The maximum atomic E-state index is 13.7. The summed E-state index contributed by atoms with van der Waals surface area (Å²) in [7, 11) is -3.13. The predicted molar refractivity (Wildman–Crippen MR) is 134 cm³/mol. The number of methoxy groups -OCH3 is 1. The number of carbonyl (C=O) groups excluding carboxylic acids is 2. The lowest BCUT2D eigenvalue weighted by molar-refractivity contribution is -0.137. The molecule has 7 nitrogen and oxygen atoms in total. The molecular weight excluding hydrogens is 488 g/mol. The van der Waals surface area contributed by atoms with Crippen LogP contribution in [-0.4, -0.2) is 38.3 Å². The Bertz CT molecular complexity index is 1440. The van der Waals surface area contributed by atoms with Crippen molar-refractivity contribution in [1.82, 2.24) is 4.31 Å². The second kappa shape index (κ2) is 9.93. The number of rotatable bonds is 6. The molecule has 0 fully saturated rings. The number of hydrogen-bond acceptors (Lipinski definition) is 5. The number of nitrogens with one attached hydrogen (secondary N) is 1. The molecule has 0 bridgehead atoms. The molecule has 1 aliphatic heterocycles. The van der Waals surface area contributed by atoms with Gasteiger partial charge in [0.1, 0.15) is 12.2 Å². The number of halogens is 1. The molecule has 0 aromatic heterocycles. The SMILES string of the molecule is CCc1cccc(NC(=O)CN2C(C(=O)OC)=C(c3ccccc3)c3cc(Cl)ccc3S2(=O)=O)c1. The Morgan fingerprint density at radius 3 is 2.43 bits per heavy atom. The number of hydrogen-bond donors (Lipinski definition) is 1. The van der Waals surface area contributed by atoms with Gasteiger partial charge in [-0.05, 0) is 47.9 Å². The molecule has 0 radical (unpaired) electrons. The molecule has 0 atom stereocenters. The van der Waals surface area contributed by atoms with Gasteiger partial charge in [-0.1, -0.05) is 61.0 Å². The largest absolute Gasteiger partial charge is 0.464 e. The van der Waals surface area contributed by atoms with E-state index in [0.29, 0.717) is 21.8 Å². The lowest BCUT2D eigenvalue weighted by Gasteiger charge is -2.32. The minimum Gasteiger partial charge on any atom is -0.464 e. The van der Waals surface area contributed by atoms with Gasteiger partial charge in [-0.2, -0.15) is 0 Å². The number of amides is 1. The average molecular weight is 511 g/mol. The van der Waals surface area contributed by atoms with Crippen molar-refractivity contribution < 1.29 is 22.7 Å². The van der Waals surface area contributed by atoms with Crippen LogP contribution in [0.3, 0.4) is 0 Å². The number of nitrogens with zero attached hydrogens (tertiary/aromatic N) is 1. The molecule has 0 aliphatic carbocycles. The van der Waals surface area contributed by atoms with E-state index in [2.05, 4.69) is 5.32 Å². The molecule has 1 aliphatic rings. The zero-order chi connectivity index (χ0) is 25.2. The second-order valence-electron chi connectivity index (χ2n) is 7.84. The Morgan fingerprint density at radius 1 is 1.00 bits per heavy atom. The van der Waals surface area contributed by atoms with Crippen LogP contribution in [0.2, 0.25) is 5.02 Å². The number of anilines is 1. The van der Waals surface area contributed by atoms with Crippen LogP contribution >= 0.6 is 11.6 Å². The van der Waals surface area contributed by atoms with Crippen molar-refractivity contribution in [3.63, 3.8) is 0 Å². The van der Waals surface area contributed by atoms with Crippen LogP contribution in [0.4, 0.5) is 5.69 Å². The molecule has 1 amide bonds. The van der Waals surface area contributed by atoms with E-state index < -0.39 is 28.4 Å². The van der Waals surface area contributed by atoms with Crippen LogP contribution < -0.4 is 5.32 Å². The molecule has 3 aromatic carbocycles. The van der Waals surface area contributed by atoms with Crippen LogP contribution in [0, 0.1) is 0 Å². The molecule has 3 aromatic rings. The van der Waals surface area contributed by atoms with Crippen LogP contribution in [0.15, 0.2) is 83.4 Å². The first-order valence-electron chi connectivity index (χ1n) is 10.9. The number of fused-ring (bicyclic) bond motifs is 1. The first-order valence-corrected chi connectivity index (χ1v) is 12.7. The minimum atomic E-state index is -4.29. The van der Waals surface area contributed by atoms with Gasteiger partial charge in [-0.25, -0.2) is 17.5 Å². The summed E-state index contributed by atoms with van der Waals surface area (Å²) in [6, 6.07) is 20.4. The summed E-state index contributed by atoms with van der Waals surface area (Å²) >= 11 is 6.21. The molecular formula is C26H23ClN2O5S. The van der Waals surface area contributed by atoms with E-state index in [1.807, 2.05) is 19.1 Å². The molecule has 0 saturated heterocycles. The van der Waals surface area contributed by atoms with Gasteiger partial charge in [0, 0.05) is 21.8 Å². The number of aryl methyl sites for hydroxylation is 1. The first-order chi connectivity index (χ1) is 16.8. The van der Waals surface area contributed by atoms with E-state index in [9.17, 15) is 18.0 Å². The predicted octanol–water partition coefficient (Wildman–Crippen LogP) is 4.48. The molecule has 4 rings (SSSR count). The molecule has 180 valence electrons. The summed E-state index contributed by atoms with van der Waals surface area (Å²) in [5, 5.41) is 3.03. The summed E-state index contributed by atoms with van der Waals surface area (Å²) in [5.41, 5.74) is 2.43. The Morgan fingerprint density at radius 2 is 1.74 bits per heavy atom. The summed E-state index contributed by atoms with van der Waals surface area (Å²) in [4.78, 5) is 26.0. The van der Waals surface area contributed by atoms with Crippen LogP contribution in [0.1, 0.15) is 23.6 Å². The summed E-state index contributed by atoms with van der Waals surface area (Å²) in [6.07, 6.45) is 0.777. The van der Waals surface area contributed by atoms with Crippen molar-refractivity contribution in [2.45, 2.75) is 18.2 Å². The fourth-order valence-corrected chi connectivity index (χ4v) is 5.76. The number of ether oxygens (including phenoxy) is 1. The number of benzene rings is 3. The van der Waals surface area contributed by atoms with Crippen LogP contribution in [0.25, 0.3) is 5.57 Å². The van der Waals surface area contributed by atoms with Crippen molar-refractivity contribution in [2.75, 3.05) is 19.0 Å². The van der Waals surface area contributed by atoms with Gasteiger partial charge in [-0.3, -0.25) is 4.79 Å². The highest BCUT2D eigenvalue weighted by molar-refractivity contribution is 7.89. The van der Waals surface area contributed by atoms with Crippen molar-refractivity contribution in [1.29, 1.82) is 0 Å². The standard InChI is InChI=1S/C26H23ClN2O5S/c1-3-17-8-7-11-20(14-17)28-23(30)16-29-25(26(31)34-2)24(18-9-5-4-6-10-18)21-15-19(27)12-13-22(21)35(29,32)33/h4-15H,3,16H2,1-2H3,(H,28,30). The van der Waals surface area contributed by atoms with Gasteiger partial charge in [0.2, 0.25) is 5.91 Å². The zero-order valence-electron chi connectivity index (χ0n) is 19.1. The minimum absolute atomic E-state index is 0.0609. The van der Waals surface area contributed by atoms with E-state index in [1.165, 1.54) is 18.2 Å². The lowest BCUT2D eigenvalue weighted by atomic mass is 9.95. The van der Waals surface area contributed by atoms with Crippen molar-refractivity contribution in [2.24, 2.45) is 0 Å². The van der Waals surface area contributed by atoms with Crippen molar-refractivity contribution in [3.8, 4) is 0 Å².